The quantitative estimate of drug-likeness (QED) is 0.726. The largest absolute Gasteiger partial charge is 0.368 e. The van der Waals surface area contributed by atoms with E-state index >= 15 is 0 Å². The summed E-state index contributed by atoms with van der Waals surface area (Å²) in [4.78, 5) is 42.1. The number of amides is 2. The summed E-state index contributed by atoms with van der Waals surface area (Å²) in [6, 6.07) is 5.12. The van der Waals surface area contributed by atoms with Crippen LogP contribution in [-0.2, 0) is 17.8 Å². The van der Waals surface area contributed by atoms with Crippen LogP contribution >= 0.6 is 0 Å². The SMILES string of the molecule is C=CCn1cc(C(=O)N2CCN(c3ccc(F)cc3)C[C@@H]2C(N)=O)c2c(c1=O)CC(C)=C2. The van der Waals surface area contributed by atoms with Gasteiger partial charge < -0.3 is 20.1 Å². The lowest BCUT2D eigenvalue weighted by atomic mass is 10.0. The smallest absolute Gasteiger partial charge is 0.256 e. The third kappa shape index (κ3) is 3.84. The zero-order valence-corrected chi connectivity index (χ0v) is 17.9. The standard InChI is InChI=1S/C24H25FN4O3/c1-3-8-28-13-20(18-11-15(2)12-19(18)23(28)31)24(32)29-10-9-27(14-21(29)22(26)30)17-6-4-16(25)5-7-17/h3-7,11,13,21H,1,8-10,12,14H2,2H3,(H2,26,30)/t21-/m1/s1. The lowest BCUT2D eigenvalue weighted by molar-refractivity contribution is -0.122. The highest BCUT2D eigenvalue weighted by Crippen LogP contribution is 2.28. The fourth-order valence-electron chi connectivity index (χ4n) is 4.40. The minimum atomic E-state index is -0.858. The number of carbonyl (C=O) groups excluding carboxylic acids is 2. The first-order valence-electron chi connectivity index (χ1n) is 10.5. The van der Waals surface area contributed by atoms with Gasteiger partial charge in [-0.05, 0) is 43.2 Å². The number of hydrogen-bond donors (Lipinski definition) is 1. The van der Waals surface area contributed by atoms with Gasteiger partial charge in [-0.3, -0.25) is 14.4 Å². The summed E-state index contributed by atoms with van der Waals surface area (Å²) < 4.78 is 14.8. The molecule has 2 aromatic rings. The number of halogens is 1. The van der Waals surface area contributed by atoms with Gasteiger partial charge in [-0.25, -0.2) is 4.39 Å². The molecule has 1 aromatic carbocycles. The molecule has 0 spiro atoms. The normalized spacial score (nSPS) is 17.7. The van der Waals surface area contributed by atoms with Crippen molar-refractivity contribution < 1.29 is 14.0 Å². The van der Waals surface area contributed by atoms with Gasteiger partial charge in [0.1, 0.15) is 11.9 Å². The maximum absolute atomic E-state index is 13.6. The van der Waals surface area contributed by atoms with Crippen LogP contribution in [0.3, 0.4) is 0 Å². The summed E-state index contributed by atoms with van der Waals surface area (Å²) in [6.07, 6.45) is 5.50. The number of primary amides is 1. The van der Waals surface area contributed by atoms with E-state index in [0.717, 1.165) is 11.3 Å². The van der Waals surface area contributed by atoms with Crippen molar-refractivity contribution in [1.29, 1.82) is 0 Å². The maximum atomic E-state index is 13.6. The molecule has 1 aliphatic heterocycles. The molecule has 0 radical (unpaired) electrons. The van der Waals surface area contributed by atoms with Gasteiger partial charge in [-0.2, -0.15) is 0 Å². The number of anilines is 1. The van der Waals surface area contributed by atoms with Crippen molar-refractivity contribution in [1.82, 2.24) is 9.47 Å². The Morgan fingerprint density at radius 3 is 2.62 bits per heavy atom. The molecule has 166 valence electrons. The summed E-state index contributed by atoms with van der Waals surface area (Å²) in [6.45, 7) is 6.82. The fourth-order valence-corrected chi connectivity index (χ4v) is 4.40. The molecule has 1 fully saturated rings. The van der Waals surface area contributed by atoms with Gasteiger partial charge in [0, 0.05) is 43.6 Å². The number of carbonyl (C=O) groups is 2. The number of nitrogens with two attached hydrogens (primary N) is 1. The van der Waals surface area contributed by atoms with E-state index < -0.39 is 11.9 Å². The highest BCUT2D eigenvalue weighted by molar-refractivity contribution is 6.01. The number of aromatic nitrogens is 1. The Kier molecular flexibility index (Phi) is 5.69. The van der Waals surface area contributed by atoms with Gasteiger partial charge in [0.15, 0.2) is 0 Å². The van der Waals surface area contributed by atoms with E-state index in [2.05, 4.69) is 6.58 Å². The van der Waals surface area contributed by atoms with Crippen molar-refractivity contribution in [2.75, 3.05) is 24.5 Å². The van der Waals surface area contributed by atoms with Gasteiger partial charge in [-0.15, -0.1) is 6.58 Å². The number of pyridine rings is 1. The molecule has 0 unspecified atom stereocenters. The molecule has 2 aliphatic rings. The molecule has 32 heavy (non-hydrogen) atoms. The molecule has 2 N–H and O–H groups in total. The van der Waals surface area contributed by atoms with Crippen molar-refractivity contribution in [3.63, 3.8) is 0 Å². The third-order valence-corrected chi connectivity index (χ3v) is 5.98. The summed E-state index contributed by atoms with van der Waals surface area (Å²) in [5.41, 5.74) is 8.85. The predicted octanol–water partition coefficient (Wildman–Crippen LogP) is 1.95. The molecule has 2 amide bonds. The molecule has 4 rings (SSSR count). The molecule has 8 heteroatoms. The van der Waals surface area contributed by atoms with Crippen molar-refractivity contribution in [3.05, 3.63) is 81.6 Å². The highest BCUT2D eigenvalue weighted by atomic mass is 19.1. The minimum absolute atomic E-state index is 0.142. The number of allylic oxidation sites excluding steroid dienone is 2. The van der Waals surface area contributed by atoms with Crippen LogP contribution in [0.5, 0.6) is 0 Å². The molecular formula is C24H25FN4O3. The van der Waals surface area contributed by atoms with Gasteiger partial charge in [0.25, 0.3) is 11.5 Å². The topological polar surface area (TPSA) is 88.6 Å². The van der Waals surface area contributed by atoms with Crippen LogP contribution in [0.2, 0.25) is 0 Å². The number of nitrogens with zero attached hydrogens (tertiary/aromatic N) is 3. The highest BCUT2D eigenvalue weighted by Gasteiger charge is 2.36. The second-order valence-corrected chi connectivity index (χ2v) is 8.19. The van der Waals surface area contributed by atoms with E-state index in [1.165, 1.54) is 21.6 Å². The van der Waals surface area contributed by atoms with Crippen LogP contribution in [-0.4, -0.2) is 47.0 Å². The van der Waals surface area contributed by atoms with Crippen molar-refractivity contribution in [3.8, 4) is 0 Å². The fraction of sp³-hybridized carbons (Fsp3) is 0.292. The van der Waals surface area contributed by atoms with Gasteiger partial charge in [0.2, 0.25) is 5.91 Å². The molecule has 2 heterocycles. The van der Waals surface area contributed by atoms with E-state index in [9.17, 15) is 18.8 Å². The third-order valence-electron chi connectivity index (χ3n) is 5.98. The van der Waals surface area contributed by atoms with Gasteiger partial charge in [-0.1, -0.05) is 17.7 Å². The van der Waals surface area contributed by atoms with Crippen molar-refractivity contribution in [2.24, 2.45) is 5.73 Å². The van der Waals surface area contributed by atoms with E-state index in [-0.39, 0.29) is 36.9 Å². The molecule has 1 saturated heterocycles. The van der Waals surface area contributed by atoms with Crippen LogP contribution in [0, 0.1) is 5.82 Å². The summed E-state index contributed by atoms with van der Waals surface area (Å²) in [5, 5.41) is 0. The maximum Gasteiger partial charge on any atom is 0.256 e. The van der Waals surface area contributed by atoms with Gasteiger partial charge >= 0.3 is 0 Å². The van der Waals surface area contributed by atoms with Crippen LogP contribution in [0.25, 0.3) is 6.08 Å². The zero-order valence-electron chi connectivity index (χ0n) is 17.9. The van der Waals surface area contributed by atoms with E-state index in [1.807, 2.05) is 17.9 Å². The van der Waals surface area contributed by atoms with Crippen molar-refractivity contribution in [2.45, 2.75) is 25.9 Å². The minimum Gasteiger partial charge on any atom is -0.368 e. The first-order valence-corrected chi connectivity index (χ1v) is 10.5. The molecule has 1 atom stereocenters. The Bertz CT molecular complexity index is 1180. The van der Waals surface area contributed by atoms with E-state index in [0.29, 0.717) is 29.7 Å². The number of benzene rings is 1. The van der Waals surface area contributed by atoms with E-state index in [4.69, 9.17) is 5.73 Å². The molecule has 1 aromatic heterocycles. The number of piperazine rings is 1. The predicted molar refractivity (Wildman–Crippen MR) is 121 cm³/mol. The summed E-state index contributed by atoms with van der Waals surface area (Å²) in [7, 11) is 0. The van der Waals surface area contributed by atoms with Crippen molar-refractivity contribution >= 4 is 23.6 Å². The Labute approximate surface area is 185 Å². The number of rotatable bonds is 5. The van der Waals surface area contributed by atoms with Crippen LogP contribution < -0.4 is 16.2 Å². The Balaban J connectivity index is 1.68. The Morgan fingerprint density at radius 2 is 1.97 bits per heavy atom. The Morgan fingerprint density at radius 1 is 1.25 bits per heavy atom. The van der Waals surface area contributed by atoms with E-state index in [1.54, 1.807) is 24.4 Å². The average Bonchev–Trinajstić information content (AvgIpc) is 3.17. The van der Waals surface area contributed by atoms with Gasteiger partial charge in [0.05, 0.1) is 5.56 Å². The first kappa shape index (κ1) is 21.5. The second-order valence-electron chi connectivity index (χ2n) is 8.19. The van der Waals surface area contributed by atoms with Crippen LogP contribution in [0.15, 0.2) is 53.5 Å². The summed E-state index contributed by atoms with van der Waals surface area (Å²) >= 11 is 0. The first-order chi connectivity index (χ1) is 15.3. The number of fused-ring (bicyclic) bond motifs is 1. The monoisotopic (exact) mass is 436 g/mol. The lowest BCUT2D eigenvalue weighted by Gasteiger charge is -2.41. The molecule has 0 saturated carbocycles. The Hall–Kier alpha value is -3.68. The molecular weight excluding hydrogens is 411 g/mol. The zero-order chi connectivity index (χ0) is 23.0. The molecule has 7 nitrogen and oxygen atoms in total. The molecule has 1 aliphatic carbocycles. The van der Waals surface area contributed by atoms with Crippen LogP contribution in [0.4, 0.5) is 10.1 Å². The number of hydrogen-bond acceptors (Lipinski definition) is 4. The molecule has 0 bridgehead atoms. The second kappa shape index (κ2) is 8.45. The van der Waals surface area contributed by atoms with Crippen LogP contribution in [0.1, 0.15) is 28.4 Å². The lowest BCUT2D eigenvalue weighted by Crippen LogP contribution is -2.60. The average molecular weight is 436 g/mol. The summed E-state index contributed by atoms with van der Waals surface area (Å²) in [5.74, 6) is -1.30.